The number of nitro benzene ring substituents is 1. The Bertz CT molecular complexity index is 479. The SMILES string of the molecule is CC(O)c1cc(Br)cc([N+](=O)[O-])c1OCCCCCCO. The predicted molar refractivity (Wildman–Crippen MR) is 82.5 cm³/mol. The summed E-state index contributed by atoms with van der Waals surface area (Å²) < 4.78 is 6.07. The van der Waals surface area contributed by atoms with E-state index in [1.54, 1.807) is 13.0 Å². The van der Waals surface area contributed by atoms with Crippen molar-refractivity contribution in [2.75, 3.05) is 13.2 Å². The quantitative estimate of drug-likeness (QED) is 0.399. The molecule has 0 bridgehead atoms. The van der Waals surface area contributed by atoms with Gasteiger partial charge in [-0.25, -0.2) is 0 Å². The Balaban J connectivity index is 2.80. The van der Waals surface area contributed by atoms with Crippen LogP contribution in [0.4, 0.5) is 5.69 Å². The molecular formula is C14H20BrNO5. The number of hydrogen-bond donors (Lipinski definition) is 2. The lowest BCUT2D eigenvalue weighted by atomic mass is 10.1. The minimum absolute atomic E-state index is 0.125. The number of unbranched alkanes of at least 4 members (excludes halogenated alkanes) is 3. The molecule has 118 valence electrons. The number of nitrogens with zero attached hydrogens (tertiary/aromatic N) is 1. The number of ether oxygens (including phenoxy) is 1. The van der Waals surface area contributed by atoms with E-state index in [0.29, 0.717) is 16.6 Å². The van der Waals surface area contributed by atoms with Gasteiger partial charge >= 0.3 is 5.69 Å². The summed E-state index contributed by atoms with van der Waals surface area (Å²) in [6, 6.07) is 2.99. The van der Waals surface area contributed by atoms with Gasteiger partial charge in [0.1, 0.15) is 0 Å². The van der Waals surface area contributed by atoms with Crippen LogP contribution >= 0.6 is 15.9 Å². The summed E-state index contributed by atoms with van der Waals surface area (Å²) in [6.45, 7) is 2.05. The fraction of sp³-hybridized carbons (Fsp3) is 0.571. The van der Waals surface area contributed by atoms with Crippen LogP contribution in [-0.4, -0.2) is 28.4 Å². The summed E-state index contributed by atoms with van der Waals surface area (Å²) in [5.74, 6) is 0.125. The van der Waals surface area contributed by atoms with Gasteiger partial charge in [0.05, 0.1) is 17.6 Å². The van der Waals surface area contributed by atoms with Gasteiger partial charge in [-0.3, -0.25) is 10.1 Å². The zero-order chi connectivity index (χ0) is 15.8. The molecule has 1 aromatic rings. The molecule has 6 nitrogen and oxygen atoms in total. The molecule has 0 amide bonds. The topological polar surface area (TPSA) is 92.8 Å². The van der Waals surface area contributed by atoms with Crippen LogP contribution < -0.4 is 4.74 Å². The maximum Gasteiger partial charge on any atom is 0.312 e. The van der Waals surface area contributed by atoms with Gasteiger partial charge in [-0.2, -0.15) is 0 Å². The van der Waals surface area contributed by atoms with E-state index in [9.17, 15) is 15.2 Å². The third kappa shape index (κ3) is 5.61. The van der Waals surface area contributed by atoms with E-state index in [1.807, 2.05) is 0 Å². The van der Waals surface area contributed by atoms with Crippen LogP contribution in [0.5, 0.6) is 5.75 Å². The van der Waals surface area contributed by atoms with Crippen LogP contribution in [0, 0.1) is 10.1 Å². The Morgan fingerprint density at radius 2 is 2.00 bits per heavy atom. The van der Waals surface area contributed by atoms with Crippen LogP contribution in [-0.2, 0) is 0 Å². The molecule has 1 unspecified atom stereocenters. The molecule has 0 fully saturated rings. The Labute approximate surface area is 132 Å². The fourth-order valence-corrected chi connectivity index (χ4v) is 2.41. The molecule has 21 heavy (non-hydrogen) atoms. The molecule has 0 spiro atoms. The first-order chi connectivity index (χ1) is 9.97. The molecule has 0 heterocycles. The highest BCUT2D eigenvalue weighted by atomic mass is 79.9. The molecule has 1 aromatic carbocycles. The predicted octanol–water partition coefficient (Wildman–Crippen LogP) is 3.34. The van der Waals surface area contributed by atoms with Crippen molar-refractivity contribution >= 4 is 21.6 Å². The average Bonchev–Trinajstić information content (AvgIpc) is 2.42. The number of nitro groups is 1. The standard InChI is InChI=1S/C14H20BrNO5/c1-10(18)12-8-11(15)9-13(16(19)20)14(12)21-7-5-3-2-4-6-17/h8-10,17-18H,2-7H2,1H3. The second-order valence-electron chi connectivity index (χ2n) is 4.76. The molecular weight excluding hydrogens is 342 g/mol. The highest BCUT2D eigenvalue weighted by Crippen LogP contribution is 2.37. The van der Waals surface area contributed by atoms with E-state index in [4.69, 9.17) is 9.84 Å². The first-order valence-electron chi connectivity index (χ1n) is 6.87. The van der Waals surface area contributed by atoms with Crippen molar-refractivity contribution in [1.29, 1.82) is 0 Å². The molecule has 0 aromatic heterocycles. The van der Waals surface area contributed by atoms with Crippen molar-refractivity contribution in [1.82, 2.24) is 0 Å². The van der Waals surface area contributed by atoms with Crippen LogP contribution in [0.3, 0.4) is 0 Å². The van der Waals surface area contributed by atoms with Gasteiger partial charge in [-0.05, 0) is 32.3 Å². The van der Waals surface area contributed by atoms with Gasteiger partial charge in [0.15, 0.2) is 0 Å². The molecule has 0 saturated heterocycles. The monoisotopic (exact) mass is 361 g/mol. The van der Waals surface area contributed by atoms with Gasteiger partial charge in [0.25, 0.3) is 0 Å². The first kappa shape index (κ1) is 17.9. The minimum atomic E-state index is -0.856. The Morgan fingerprint density at radius 1 is 1.33 bits per heavy atom. The molecule has 0 aliphatic carbocycles. The van der Waals surface area contributed by atoms with Crippen molar-refractivity contribution in [3.8, 4) is 5.75 Å². The Hall–Kier alpha value is -1.18. The molecule has 0 saturated carbocycles. The molecule has 7 heteroatoms. The minimum Gasteiger partial charge on any atom is -0.487 e. The maximum atomic E-state index is 11.1. The number of halogens is 1. The van der Waals surface area contributed by atoms with Gasteiger partial charge in [0, 0.05) is 22.7 Å². The summed E-state index contributed by atoms with van der Waals surface area (Å²) in [5, 5.41) is 29.6. The number of benzene rings is 1. The van der Waals surface area contributed by atoms with Gasteiger partial charge in [0.2, 0.25) is 5.75 Å². The van der Waals surface area contributed by atoms with Crippen LogP contribution in [0.25, 0.3) is 0 Å². The third-order valence-electron chi connectivity index (χ3n) is 3.01. The van der Waals surface area contributed by atoms with E-state index < -0.39 is 11.0 Å². The van der Waals surface area contributed by atoms with Crippen LogP contribution in [0.1, 0.15) is 44.3 Å². The number of hydrogen-bond acceptors (Lipinski definition) is 5. The summed E-state index contributed by atoms with van der Waals surface area (Å²) in [5.41, 5.74) is 0.238. The highest BCUT2D eigenvalue weighted by molar-refractivity contribution is 9.10. The first-order valence-corrected chi connectivity index (χ1v) is 7.66. The smallest absolute Gasteiger partial charge is 0.312 e. The Kier molecular flexibility index (Phi) is 7.63. The molecule has 1 atom stereocenters. The molecule has 2 N–H and O–H groups in total. The zero-order valence-corrected chi connectivity index (χ0v) is 13.5. The number of aliphatic hydroxyl groups is 2. The van der Waals surface area contributed by atoms with Crippen molar-refractivity contribution in [2.45, 2.75) is 38.7 Å². The van der Waals surface area contributed by atoms with E-state index in [-0.39, 0.29) is 18.0 Å². The maximum absolute atomic E-state index is 11.1. The lowest BCUT2D eigenvalue weighted by Gasteiger charge is -2.14. The van der Waals surface area contributed by atoms with Gasteiger partial charge in [-0.15, -0.1) is 0 Å². The summed E-state index contributed by atoms with van der Waals surface area (Å²) >= 11 is 3.20. The van der Waals surface area contributed by atoms with Gasteiger partial charge < -0.3 is 14.9 Å². The number of rotatable bonds is 9. The van der Waals surface area contributed by atoms with Crippen molar-refractivity contribution < 1.29 is 19.9 Å². The van der Waals surface area contributed by atoms with Crippen LogP contribution in [0.15, 0.2) is 16.6 Å². The van der Waals surface area contributed by atoms with Crippen molar-refractivity contribution in [2.24, 2.45) is 0 Å². The molecule has 0 aliphatic rings. The van der Waals surface area contributed by atoms with E-state index >= 15 is 0 Å². The van der Waals surface area contributed by atoms with Crippen LogP contribution in [0.2, 0.25) is 0 Å². The molecule has 0 aliphatic heterocycles. The fourth-order valence-electron chi connectivity index (χ4n) is 1.94. The highest BCUT2D eigenvalue weighted by Gasteiger charge is 2.23. The summed E-state index contributed by atoms with van der Waals surface area (Å²) in [4.78, 5) is 10.6. The molecule has 1 rings (SSSR count). The van der Waals surface area contributed by atoms with Crippen molar-refractivity contribution in [3.05, 3.63) is 32.3 Å². The molecule has 0 radical (unpaired) electrons. The normalized spacial score (nSPS) is 12.2. The van der Waals surface area contributed by atoms with E-state index in [1.165, 1.54) is 6.07 Å². The number of aliphatic hydroxyl groups excluding tert-OH is 2. The summed E-state index contributed by atoms with van der Waals surface area (Å²) in [6.07, 6.45) is 2.41. The lowest BCUT2D eigenvalue weighted by molar-refractivity contribution is -0.386. The van der Waals surface area contributed by atoms with E-state index in [2.05, 4.69) is 15.9 Å². The largest absolute Gasteiger partial charge is 0.487 e. The Morgan fingerprint density at radius 3 is 2.57 bits per heavy atom. The van der Waals surface area contributed by atoms with E-state index in [0.717, 1.165) is 25.7 Å². The lowest BCUT2D eigenvalue weighted by Crippen LogP contribution is -2.06. The second kappa shape index (κ2) is 8.96. The third-order valence-corrected chi connectivity index (χ3v) is 3.47. The van der Waals surface area contributed by atoms with Crippen molar-refractivity contribution in [3.63, 3.8) is 0 Å². The zero-order valence-electron chi connectivity index (χ0n) is 11.9. The van der Waals surface area contributed by atoms with Gasteiger partial charge in [-0.1, -0.05) is 22.4 Å². The summed E-state index contributed by atoms with van der Waals surface area (Å²) in [7, 11) is 0. The second-order valence-corrected chi connectivity index (χ2v) is 5.68. The average molecular weight is 362 g/mol.